The van der Waals surface area contributed by atoms with Crippen LogP contribution >= 0.6 is 0 Å². The fourth-order valence-electron chi connectivity index (χ4n) is 3.55. The van der Waals surface area contributed by atoms with Crippen LogP contribution in [0.15, 0.2) is 24.3 Å². The van der Waals surface area contributed by atoms with E-state index in [-0.39, 0.29) is 12.0 Å². The summed E-state index contributed by atoms with van der Waals surface area (Å²) in [6.07, 6.45) is 1.68. The second kappa shape index (κ2) is 7.42. The number of amides is 1. The van der Waals surface area contributed by atoms with Gasteiger partial charge in [-0.05, 0) is 38.8 Å². The van der Waals surface area contributed by atoms with E-state index in [4.69, 9.17) is 14.2 Å². The van der Waals surface area contributed by atoms with Crippen molar-refractivity contribution >= 4 is 5.91 Å². The maximum absolute atomic E-state index is 13.1. The molecule has 1 atom stereocenters. The van der Waals surface area contributed by atoms with Gasteiger partial charge in [-0.25, -0.2) is 4.98 Å². The zero-order chi connectivity index (χ0) is 18.8. The number of rotatable bonds is 3. The van der Waals surface area contributed by atoms with Crippen LogP contribution in [0.5, 0.6) is 17.4 Å². The van der Waals surface area contributed by atoms with Gasteiger partial charge < -0.3 is 19.1 Å². The summed E-state index contributed by atoms with van der Waals surface area (Å²) >= 11 is 0. The molecule has 0 saturated carbocycles. The van der Waals surface area contributed by atoms with Crippen molar-refractivity contribution in [1.29, 1.82) is 0 Å². The molecule has 1 aromatic carbocycles. The molecule has 1 fully saturated rings. The summed E-state index contributed by atoms with van der Waals surface area (Å²) in [6, 6.07) is 7.27. The van der Waals surface area contributed by atoms with Crippen molar-refractivity contribution in [2.24, 2.45) is 0 Å². The number of para-hydroxylation sites is 1. The first-order chi connectivity index (χ1) is 13.1. The lowest BCUT2D eigenvalue weighted by Crippen LogP contribution is -2.44. The van der Waals surface area contributed by atoms with E-state index in [0.29, 0.717) is 55.1 Å². The average molecular weight is 369 g/mol. The Balaban J connectivity index is 1.49. The van der Waals surface area contributed by atoms with Crippen LogP contribution in [0.1, 0.15) is 34.7 Å². The minimum absolute atomic E-state index is 0.0549. The van der Waals surface area contributed by atoms with Gasteiger partial charge in [0.05, 0.1) is 12.1 Å². The molecule has 1 amide bonds. The molecule has 0 N–H and O–H groups in total. The lowest BCUT2D eigenvalue weighted by Gasteiger charge is -2.33. The molecule has 2 aliphatic rings. The zero-order valence-electron chi connectivity index (χ0n) is 15.6. The number of piperidine rings is 1. The molecule has 3 heterocycles. The monoisotopic (exact) mass is 369 g/mol. The summed E-state index contributed by atoms with van der Waals surface area (Å²) in [4.78, 5) is 23.5. The Morgan fingerprint density at radius 2 is 2.07 bits per heavy atom. The van der Waals surface area contributed by atoms with E-state index >= 15 is 0 Å². The lowest BCUT2D eigenvalue weighted by atomic mass is 10.1. The molecule has 7 heteroatoms. The number of fused-ring (bicyclic) bond motifs is 1. The maximum Gasteiger partial charge on any atom is 0.257 e. The van der Waals surface area contributed by atoms with Crippen LogP contribution in [0.3, 0.4) is 0 Å². The molecule has 0 radical (unpaired) electrons. The minimum Gasteiger partial charge on any atom is -0.486 e. The Labute approximate surface area is 158 Å². The number of benzene rings is 1. The first-order valence-corrected chi connectivity index (χ1v) is 9.27. The number of aryl methyl sites for hydroxylation is 2. The van der Waals surface area contributed by atoms with Gasteiger partial charge in [0.15, 0.2) is 11.5 Å². The van der Waals surface area contributed by atoms with Crippen LogP contribution in [0.4, 0.5) is 0 Å². The molecular weight excluding hydrogens is 346 g/mol. The van der Waals surface area contributed by atoms with Gasteiger partial charge in [0.2, 0.25) is 5.88 Å². The molecule has 1 aromatic heterocycles. The van der Waals surface area contributed by atoms with Gasteiger partial charge in [0.1, 0.15) is 25.1 Å². The number of hydrogen-bond donors (Lipinski definition) is 0. The largest absolute Gasteiger partial charge is 0.486 e. The second-order valence-electron chi connectivity index (χ2n) is 6.86. The molecule has 1 unspecified atom stereocenters. The number of likely N-dealkylation sites (tertiary alicyclic amines) is 1. The van der Waals surface area contributed by atoms with E-state index < -0.39 is 0 Å². The number of carbonyl (C=O) groups is 1. The number of ether oxygens (including phenoxy) is 3. The zero-order valence-corrected chi connectivity index (χ0v) is 15.6. The first kappa shape index (κ1) is 17.6. The number of carbonyl (C=O) groups excluding carboxylic acids is 1. The Morgan fingerprint density at radius 1 is 1.22 bits per heavy atom. The molecule has 7 nitrogen and oxygen atoms in total. The van der Waals surface area contributed by atoms with Gasteiger partial charge in [-0.15, -0.1) is 0 Å². The molecule has 0 spiro atoms. The highest BCUT2D eigenvalue weighted by Gasteiger charge is 2.29. The molecule has 2 aliphatic heterocycles. The van der Waals surface area contributed by atoms with Crippen molar-refractivity contribution in [3.05, 3.63) is 41.3 Å². The van der Waals surface area contributed by atoms with Gasteiger partial charge in [-0.2, -0.15) is 4.98 Å². The SMILES string of the molecule is Cc1cc(OC2CCCN(C(=O)c3cccc4c3OCCO4)C2)nc(C)n1. The Kier molecular flexibility index (Phi) is 4.83. The smallest absolute Gasteiger partial charge is 0.257 e. The fourth-order valence-corrected chi connectivity index (χ4v) is 3.55. The van der Waals surface area contributed by atoms with Crippen molar-refractivity contribution in [2.45, 2.75) is 32.8 Å². The average Bonchev–Trinajstić information content (AvgIpc) is 2.66. The first-order valence-electron chi connectivity index (χ1n) is 9.27. The van der Waals surface area contributed by atoms with Crippen molar-refractivity contribution in [3.63, 3.8) is 0 Å². The Bertz CT molecular complexity index is 835. The van der Waals surface area contributed by atoms with Gasteiger partial charge in [-0.1, -0.05) is 6.07 Å². The van der Waals surface area contributed by atoms with Crippen LogP contribution in [0.2, 0.25) is 0 Å². The van der Waals surface area contributed by atoms with Crippen LogP contribution in [0, 0.1) is 13.8 Å². The lowest BCUT2D eigenvalue weighted by molar-refractivity contribution is 0.0519. The van der Waals surface area contributed by atoms with E-state index in [0.717, 1.165) is 18.5 Å². The van der Waals surface area contributed by atoms with E-state index in [1.54, 1.807) is 6.07 Å². The third-order valence-electron chi connectivity index (χ3n) is 4.69. The number of hydrogen-bond acceptors (Lipinski definition) is 6. The van der Waals surface area contributed by atoms with Gasteiger partial charge in [0, 0.05) is 18.3 Å². The topological polar surface area (TPSA) is 73.8 Å². The Morgan fingerprint density at radius 3 is 2.93 bits per heavy atom. The highest BCUT2D eigenvalue weighted by atomic mass is 16.6. The van der Waals surface area contributed by atoms with E-state index in [1.807, 2.05) is 36.9 Å². The van der Waals surface area contributed by atoms with Crippen LogP contribution in [0.25, 0.3) is 0 Å². The third kappa shape index (κ3) is 3.82. The predicted octanol–water partition coefficient (Wildman–Crippen LogP) is 2.55. The normalized spacial score (nSPS) is 18.9. The van der Waals surface area contributed by atoms with Crippen LogP contribution in [-0.2, 0) is 0 Å². The second-order valence-corrected chi connectivity index (χ2v) is 6.86. The van der Waals surface area contributed by atoms with Gasteiger partial charge in [-0.3, -0.25) is 4.79 Å². The van der Waals surface area contributed by atoms with Gasteiger partial charge in [0.25, 0.3) is 5.91 Å². The van der Waals surface area contributed by atoms with Crippen molar-refractivity contribution in [1.82, 2.24) is 14.9 Å². The fraction of sp³-hybridized carbons (Fsp3) is 0.450. The standard InChI is InChI=1S/C20H23N3O4/c1-13-11-18(22-14(2)21-13)27-15-5-4-8-23(12-15)20(24)16-6-3-7-17-19(16)26-10-9-25-17/h3,6-7,11,15H,4-5,8-10,12H2,1-2H3. The van der Waals surface area contributed by atoms with E-state index in [1.165, 1.54) is 0 Å². The minimum atomic E-state index is -0.0897. The quantitative estimate of drug-likeness (QED) is 0.828. The molecule has 4 rings (SSSR count). The summed E-state index contributed by atoms with van der Waals surface area (Å²) in [6.45, 7) is 5.93. The molecule has 1 saturated heterocycles. The molecule has 142 valence electrons. The Hall–Kier alpha value is -2.83. The summed E-state index contributed by atoms with van der Waals surface area (Å²) in [5, 5.41) is 0. The van der Waals surface area contributed by atoms with Crippen molar-refractivity contribution < 1.29 is 19.0 Å². The predicted molar refractivity (Wildman–Crippen MR) is 98.5 cm³/mol. The molecule has 2 aromatic rings. The third-order valence-corrected chi connectivity index (χ3v) is 4.69. The molecule has 27 heavy (non-hydrogen) atoms. The highest BCUT2D eigenvalue weighted by Crippen LogP contribution is 2.34. The summed E-state index contributed by atoms with van der Waals surface area (Å²) in [5.74, 6) is 2.36. The van der Waals surface area contributed by atoms with Crippen molar-refractivity contribution in [3.8, 4) is 17.4 Å². The number of aromatic nitrogens is 2. The van der Waals surface area contributed by atoms with Gasteiger partial charge >= 0.3 is 0 Å². The van der Waals surface area contributed by atoms with E-state index in [2.05, 4.69) is 9.97 Å². The summed E-state index contributed by atoms with van der Waals surface area (Å²) < 4.78 is 17.3. The molecule has 0 aliphatic carbocycles. The van der Waals surface area contributed by atoms with Crippen LogP contribution in [-0.4, -0.2) is 53.2 Å². The highest BCUT2D eigenvalue weighted by molar-refractivity contribution is 5.98. The number of nitrogens with zero attached hydrogens (tertiary/aromatic N) is 3. The molecular formula is C20H23N3O4. The summed E-state index contributed by atoms with van der Waals surface area (Å²) in [5.41, 5.74) is 1.41. The maximum atomic E-state index is 13.1. The van der Waals surface area contributed by atoms with E-state index in [9.17, 15) is 4.79 Å². The van der Waals surface area contributed by atoms with Crippen LogP contribution < -0.4 is 14.2 Å². The van der Waals surface area contributed by atoms with Crippen molar-refractivity contribution in [2.75, 3.05) is 26.3 Å². The summed E-state index contributed by atoms with van der Waals surface area (Å²) in [7, 11) is 0. The molecule has 0 bridgehead atoms.